The van der Waals surface area contributed by atoms with Gasteiger partial charge in [0, 0.05) is 6.42 Å². The fourth-order valence-electron chi connectivity index (χ4n) is 1.37. The molecular formula is C10H13N5O. The molecule has 0 saturated heterocycles. The number of nitrogens with two attached hydrogens (primary N) is 1. The number of ether oxygens (including phenoxy) is 1. The average molecular weight is 219 g/mol. The van der Waals surface area contributed by atoms with Crippen LogP contribution in [-0.4, -0.2) is 33.9 Å². The van der Waals surface area contributed by atoms with Crippen LogP contribution >= 0.6 is 0 Å². The third-order valence-electron chi connectivity index (χ3n) is 2.12. The maximum Gasteiger partial charge on any atom is 0.176 e. The van der Waals surface area contributed by atoms with Gasteiger partial charge in [-0.05, 0) is 23.9 Å². The smallest absolute Gasteiger partial charge is 0.176 e. The largest absolute Gasteiger partial charge is 0.494 e. The first-order valence-electron chi connectivity index (χ1n) is 4.97. The Morgan fingerprint density at radius 1 is 1.38 bits per heavy atom. The summed E-state index contributed by atoms with van der Waals surface area (Å²) in [5, 5.41) is 12.1. The highest BCUT2D eigenvalue weighted by Gasteiger charge is 2.08. The molecule has 1 heterocycles. The summed E-state index contributed by atoms with van der Waals surface area (Å²) in [5.41, 5.74) is 6.19. The second kappa shape index (κ2) is 4.71. The lowest BCUT2D eigenvalue weighted by Crippen LogP contribution is -2.05. The Labute approximate surface area is 93.0 Å². The van der Waals surface area contributed by atoms with Crippen molar-refractivity contribution in [1.29, 1.82) is 0 Å². The van der Waals surface area contributed by atoms with Gasteiger partial charge in [0.15, 0.2) is 5.82 Å². The number of nitrogens with zero attached hydrogens (tertiary/aromatic N) is 4. The van der Waals surface area contributed by atoms with Crippen LogP contribution in [0, 0.1) is 0 Å². The minimum Gasteiger partial charge on any atom is -0.494 e. The van der Waals surface area contributed by atoms with E-state index < -0.39 is 0 Å². The van der Waals surface area contributed by atoms with Gasteiger partial charge in [0.25, 0.3) is 0 Å². The molecule has 2 rings (SSSR count). The van der Waals surface area contributed by atoms with Gasteiger partial charge < -0.3 is 10.5 Å². The number of para-hydroxylation sites is 2. The van der Waals surface area contributed by atoms with Crippen molar-refractivity contribution >= 4 is 0 Å². The molecule has 16 heavy (non-hydrogen) atoms. The lowest BCUT2D eigenvalue weighted by Gasteiger charge is -2.04. The number of benzene rings is 1. The monoisotopic (exact) mass is 219 g/mol. The van der Waals surface area contributed by atoms with E-state index in [2.05, 4.69) is 15.4 Å². The van der Waals surface area contributed by atoms with Gasteiger partial charge in [0.05, 0.1) is 7.11 Å². The minimum atomic E-state index is 0.512. The van der Waals surface area contributed by atoms with Gasteiger partial charge in [-0.15, -0.1) is 15.0 Å². The Kier molecular flexibility index (Phi) is 3.11. The molecule has 0 fully saturated rings. The second-order valence-corrected chi connectivity index (χ2v) is 3.21. The number of methoxy groups -OCH3 is 1. The highest BCUT2D eigenvalue weighted by Crippen LogP contribution is 2.19. The van der Waals surface area contributed by atoms with Crippen LogP contribution in [0.5, 0.6) is 5.75 Å². The third kappa shape index (κ3) is 2.01. The summed E-state index contributed by atoms with van der Waals surface area (Å²) in [6.07, 6.45) is 0.620. The van der Waals surface area contributed by atoms with Gasteiger partial charge in [0.1, 0.15) is 11.4 Å². The van der Waals surface area contributed by atoms with Crippen molar-refractivity contribution in [3.63, 3.8) is 0 Å². The molecule has 1 aromatic carbocycles. The van der Waals surface area contributed by atoms with Crippen LogP contribution in [0.15, 0.2) is 24.3 Å². The lowest BCUT2D eigenvalue weighted by molar-refractivity contribution is 0.409. The van der Waals surface area contributed by atoms with E-state index in [9.17, 15) is 0 Å². The zero-order chi connectivity index (χ0) is 11.4. The highest BCUT2D eigenvalue weighted by atomic mass is 16.5. The summed E-state index contributed by atoms with van der Waals surface area (Å²) in [7, 11) is 1.61. The van der Waals surface area contributed by atoms with Gasteiger partial charge in [-0.3, -0.25) is 0 Å². The Balaban J connectivity index is 2.34. The quantitative estimate of drug-likeness (QED) is 0.793. The second-order valence-electron chi connectivity index (χ2n) is 3.21. The van der Waals surface area contributed by atoms with E-state index in [0.717, 1.165) is 5.69 Å². The van der Waals surface area contributed by atoms with Crippen molar-refractivity contribution < 1.29 is 4.74 Å². The highest BCUT2D eigenvalue weighted by molar-refractivity contribution is 5.44. The molecule has 0 aliphatic rings. The molecule has 0 atom stereocenters. The first-order valence-corrected chi connectivity index (χ1v) is 4.97. The predicted molar refractivity (Wildman–Crippen MR) is 58.5 cm³/mol. The third-order valence-corrected chi connectivity index (χ3v) is 2.12. The minimum absolute atomic E-state index is 0.512. The van der Waals surface area contributed by atoms with Crippen LogP contribution in [0.3, 0.4) is 0 Å². The Hall–Kier alpha value is -1.95. The summed E-state index contributed by atoms with van der Waals surface area (Å²) >= 11 is 0. The molecular weight excluding hydrogens is 206 g/mol. The molecule has 2 aromatic rings. The number of hydrogen-bond donors (Lipinski definition) is 1. The van der Waals surface area contributed by atoms with E-state index in [-0.39, 0.29) is 0 Å². The number of aromatic nitrogens is 4. The van der Waals surface area contributed by atoms with Gasteiger partial charge in [-0.25, -0.2) is 0 Å². The molecule has 84 valence electrons. The summed E-state index contributed by atoms with van der Waals surface area (Å²) in [6, 6.07) is 7.50. The standard InChI is InChI=1S/C10H13N5O/c1-16-9-5-3-2-4-8(9)15-13-10(6-7-11)12-14-15/h2-5H,6-7,11H2,1H3. The average Bonchev–Trinajstić information content (AvgIpc) is 2.78. The predicted octanol–water partition coefficient (Wildman–Crippen LogP) is 0.172. The van der Waals surface area contributed by atoms with E-state index in [0.29, 0.717) is 24.5 Å². The van der Waals surface area contributed by atoms with Crippen molar-refractivity contribution in [2.75, 3.05) is 13.7 Å². The fourth-order valence-corrected chi connectivity index (χ4v) is 1.37. The van der Waals surface area contributed by atoms with Crippen molar-refractivity contribution in [2.24, 2.45) is 5.73 Å². The maximum atomic E-state index is 5.42. The molecule has 0 bridgehead atoms. The molecule has 6 nitrogen and oxygen atoms in total. The SMILES string of the molecule is COc1ccccc1-n1nnc(CCN)n1. The molecule has 0 unspecified atom stereocenters. The van der Waals surface area contributed by atoms with E-state index in [1.807, 2.05) is 24.3 Å². The molecule has 0 amide bonds. The van der Waals surface area contributed by atoms with Crippen molar-refractivity contribution in [1.82, 2.24) is 20.2 Å². The Bertz CT molecular complexity index is 468. The van der Waals surface area contributed by atoms with Gasteiger partial charge in [-0.2, -0.15) is 0 Å². The molecule has 0 aliphatic heterocycles. The van der Waals surface area contributed by atoms with E-state index in [1.165, 1.54) is 4.80 Å². The van der Waals surface area contributed by atoms with E-state index >= 15 is 0 Å². The fraction of sp³-hybridized carbons (Fsp3) is 0.300. The van der Waals surface area contributed by atoms with Gasteiger partial charge in [-0.1, -0.05) is 12.1 Å². The maximum absolute atomic E-state index is 5.42. The molecule has 0 saturated carbocycles. The van der Waals surface area contributed by atoms with Crippen molar-refractivity contribution in [3.8, 4) is 11.4 Å². The summed E-state index contributed by atoms with van der Waals surface area (Å²) in [4.78, 5) is 1.45. The molecule has 2 N–H and O–H groups in total. The number of rotatable bonds is 4. The molecule has 0 spiro atoms. The molecule has 0 radical (unpaired) electrons. The van der Waals surface area contributed by atoms with E-state index in [4.69, 9.17) is 10.5 Å². The van der Waals surface area contributed by atoms with Gasteiger partial charge in [0.2, 0.25) is 0 Å². The van der Waals surface area contributed by atoms with Crippen LogP contribution in [0.2, 0.25) is 0 Å². The Morgan fingerprint density at radius 3 is 2.94 bits per heavy atom. The zero-order valence-corrected chi connectivity index (χ0v) is 9.00. The number of hydrogen-bond acceptors (Lipinski definition) is 5. The summed E-state index contributed by atoms with van der Waals surface area (Å²) < 4.78 is 5.22. The summed E-state index contributed by atoms with van der Waals surface area (Å²) in [6.45, 7) is 0.512. The number of tetrazole rings is 1. The first kappa shape index (κ1) is 10.6. The van der Waals surface area contributed by atoms with Crippen molar-refractivity contribution in [3.05, 3.63) is 30.1 Å². The van der Waals surface area contributed by atoms with Crippen LogP contribution in [0.1, 0.15) is 5.82 Å². The van der Waals surface area contributed by atoms with Crippen LogP contribution in [-0.2, 0) is 6.42 Å². The normalized spacial score (nSPS) is 10.4. The van der Waals surface area contributed by atoms with Gasteiger partial charge >= 0.3 is 0 Å². The summed E-state index contributed by atoms with van der Waals surface area (Å²) in [5.74, 6) is 1.34. The topological polar surface area (TPSA) is 78.8 Å². The molecule has 6 heteroatoms. The van der Waals surface area contributed by atoms with Crippen LogP contribution in [0.25, 0.3) is 5.69 Å². The zero-order valence-electron chi connectivity index (χ0n) is 9.00. The Morgan fingerprint density at radius 2 is 2.19 bits per heavy atom. The lowest BCUT2D eigenvalue weighted by atomic mass is 10.3. The van der Waals surface area contributed by atoms with Crippen molar-refractivity contribution in [2.45, 2.75) is 6.42 Å². The molecule has 0 aliphatic carbocycles. The molecule has 1 aromatic heterocycles. The van der Waals surface area contributed by atoms with Crippen LogP contribution in [0.4, 0.5) is 0 Å². The first-order chi connectivity index (χ1) is 7.85. The van der Waals surface area contributed by atoms with E-state index in [1.54, 1.807) is 7.11 Å². The van der Waals surface area contributed by atoms with Crippen LogP contribution < -0.4 is 10.5 Å².